The molecule has 0 spiro atoms. The van der Waals surface area contributed by atoms with Gasteiger partial charge in [0.1, 0.15) is 6.54 Å². The highest BCUT2D eigenvalue weighted by atomic mass is 16.5. The van der Waals surface area contributed by atoms with Crippen LogP contribution in [0.15, 0.2) is 40.9 Å². The van der Waals surface area contributed by atoms with Crippen LogP contribution in [0, 0.1) is 13.8 Å². The average molecular weight is 409 g/mol. The molecule has 30 heavy (non-hydrogen) atoms. The maximum atomic E-state index is 13.1. The van der Waals surface area contributed by atoms with Gasteiger partial charge in [-0.15, -0.1) is 0 Å². The predicted molar refractivity (Wildman–Crippen MR) is 114 cm³/mol. The molecule has 0 aliphatic heterocycles. The molecule has 158 valence electrons. The van der Waals surface area contributed by atoms with Gasteiger partial charge in [0.05, 0.1) is 14.2 Å². The fraction of sp³-hybridized carbons (Fsp3) is 0.348. The zero-order chi connectivity index (χ0) is 21.8. The Labute approximate surface area is 176 Å². The van der Waals surface area contributed by atoms with Crippen LogP contribution in [0.2, 0.25) is 0 Å². The van der Waals surface area contributed by atoms with Crippen molar-refractivity contribution in [3.8, 4) is 22.9 Å². The average Bonchev–Trinajstić information content (AvgIpc) is 3.18. The minimum absolute atomic E-state index is 0.0326. The Balaban J connectivity index is 1.84. The summed E-state index contributed by atoms with van der Waals surface area (Å²) in [5, 5.41) is 4.07. The number of benzene rings is 2. The molecule has 0 unspecified atom stereocenters. The quantitative estimate of drug-likeness (QED) is 0.575. The Morgan fingerprint density at radius 1 is 1.03 bits per heavy atom. The number of rotatable bonds is 7. The molecule has 7 heteroatoms. The van der Waals surface area contributed by atoms with Gasteiger partial charge in [0.25, 0.3) is 5.91 Å². The summed E-state index contributed by atoms with van der Waals surface area (Å²) in [6.07, 6.45) is 0. The summed E-state index contributed by atoms with van der Waals surface area (Å²) in [6, 6.07) is 11.2. The Kier molecular flexibility index (Phi) is 6.40. The van der Waals surface area contributed by atoms with Crippen LogP contribution in [-0.4, -0.2) is 41.2 Å². The summed E-state index contributed by atoms with van der Waals surface area (Å²) in [5.74, 6) is 1.92. The van der Waals surface area contributed by atoms with Crippen LogP contribution in [0.1, 0.15) is 41.2 Å². The Morgan fingerprint density at radius 3 is 2.30 bits per heavy atom. The number of hydrogen-bond acceptors (Lipinski definition) is 6. The molecule has 0 N–H and O–H groups in total. The normalized spacial score (nSPS) is 10.9. The number of ether oxygens (including phenoxy) is 2. The molecular formula is C23H27N3O4. The maximum Gasteiger partial charge on any atom is 0.254 e. The molecule has 0 fully saturated rings. The Hall–Kier alpha value is -3.35. The number of nitrogens with zero attached hydrogens (tertiary/aromatic N) is 3. The van der Waals surface area contributed by atoms with Crippen LogP contribution in [0.5, 0.6) is 11.5 Å². The van der Waals surface area contributed by atoms with E-state index in [9.17, 15) is 4.79 Å². The third-order valence-electron chi connectivity index (χ3n) is 4.77. The van der Waals surface area contributed by atoms with Crippen molar-refractivity contribution in [3.63, 3.8) is 0 Å². The molecule has 0 aliphatic carbocycles. The second-order valence-electron chi connectivity index (χ2n) is 7.48. The van der Waals surface area contributed by atoms with Gasteiger partial charge >= 0.3 is 0 Å². The van der Waals surface area contributed by atoms with Gasteiger partial charge in [-0.05, 0) is 58.0 Å². The molecule has 0 aliphatic rings. The number of carbonyl (C=O) groups is 1. The molecule has 3 aromatic rings. The van der Waals surface area contributed by atoms with Crippen molar-refractivity contribution in [2.24, 2.45) is 0 Å². The summed E-state index contributed by atoms with van der Waals surface area (Å²) >= 11 is 0. The first-order valence-electron chi connectivity index (χ1n) is 9.76. The molecule has 2 aromatic carbocycles. The largest absolute Gasteiger partial charge is 0.493 e. The summed E-state index contributed by atoms with van der Waals surface area (Å²) in [5.41, 5.74) is 3.49. The van der Waals surface area contributed by atoms with Gasteiger partial charge in [-0.1, -0.05) is 22.3 Å². The van der Waals surface area contributed by atoms with Crippen molar-refractivity contribution in [2.75, 3.05) is 14.2 Å². The number of amides is 1. The molecule has 0 saturated carbocycles. The zero-order valence-corrected chi connectivity index (χ0v) is 18.2. The molecule has 1 heterocycles. The van der Waals surface area contributed by atoms with E-state index in [-0.39, 0.29) is 18.5 Å². The van der Waals surface area contributed by atoms with E-state index in [1.54, 1.807) is 31.3 Å². The van der Waals surface area contributed by atoms with Crippen molar-refractivity contribution in [3.05, 3.63) is 59.0 Å². The smallest absolute Gasteiger partial charge is 0.254 e. The lowest BCUT2D eigenvalue weighted by Crippen LogP contribution is -2.36. The van der Waals surface area contributed by atoms with Crippen molar-refractivity contribution < 1.29 is 18.8 Å². The molecule has 0 saturated heterocycles. The number of hydrogen-bond donors (Lipinski definition) is 0. The Bertz CT molecular complexity index is 1020. The summed E-state index contributed by atoms with van der Waals surface area (Å²) in [6.45, 7) is 8.12. The van der Waals surface area contributed by atoms with Crippen LogP contribution in [-0.2, 0) is 6.54 Å². The monoisotopic (exact) mass is 409 g/mol. The van der Waals surface area contributed by atoms with Crippen LogP contribution >= 0.6 is 0 Å². The summed E-state index contributed by atoms with van der Waals surface area (Å²) < 4.78 is 16.0. The lowest BCUT2D eigenvalue weighted by molar-refractivity contribution is 0.0667. The number of aromatic nitrogens is 2. The van der Waals surface area contributed by atoms with Gasteiger partial charge in [-0.2, -0.15) is 4.98 Å². The first kappa shape index (κ1) is 21.4. The van der Waals surface area contributed by atoms with Crippen molar-refractivity contribution >= 4 is 5.91 Å². The Morgan fingerprint density at radius 2 is 1.70 bits per heavy atom. The number of carbonyl (C=O) groups excluding carboxylic acids is 1. The molecule has 1 aromatic heterocycles. The van der Waals surface area contributed by atoms with E-state index in [1.807, 2.05) is 52.0 Å². The summed E-state index contributed by atoms with van der Waals surface area (Å²) in [4.78, 5) is 19.3. The van der Waals surface area contributed by atoms with Crippen LogP contribution in [0.3, 0.4) is 0 Å². The molecule has 0 radical (unpaired) electrons. The van der Waals surface area contributed by atoms with Crippen LogP contribution < -0.4 is 9.47 Å². The lowest BCUT2D eigenvalue weighted by Gasteiger charge is -2.25. The highest BCUT2D eigenvalue weighted by Gasteiger charge is 2.23. The van der Waals surface area contributed by atoms with Gasteiger partial charge in [0, 0.05) is 17.2 Å². The highest BCUT2D eigenvalue weighted by molar-refractivity contribution is 5.94. The number of aryl methyl sites for hydroxylation is 2. The molecule has 0 atom stereocenters. The van der Waals surface area contributed by atoms with Crippen LogP contribution in [0.4, 0.5) is 0 Å². The standard InChI is InChI=1S/C23H27N3O4/c1-14(2)26(23(27)18-10-15(3)9-16(4)11-18)13-21-24-22(25-30-21)17-7-8-19(28-5)20(12-17)29-6/h7-12,14H,13H2,1-6H3. The second-order valence-corrected chi connectivity index (χ2v) is 7.48. The van der Waals surface area contributed by atoms with Gasteiger partial charge < -0.3 is 18.9 Å². The van der Waals surface area contributed by atoms with E-state index in [0.717, 1.165) is 16.7 Å². The fourth-order valence-electron chi connectivity index (χ4n) is 3.31. The minimum atomic E-state index is -0.0670. The van der Waals surface area contributed by atoms with E-state index in [2.05, 4.69) is 10.1 Å². The second kappa shape index (κ2) is 8.98. The first-order valence-corrected chi connectivity index (χ1v) is 9.76. The summed E-state index contributed by atoms with van der Waals surface area (Å²) in [7, 11) is 3.15. The molecular weight excluding hydrogens is 382 g/mol. The highest BCUT2D eigenvalue weighted by Crippen LogP contribution is 2.31. The van der Waals surface area contributed by atoms with Crippen LogP contribution in [0.25, 0.3) is 11.4 Å². The maximum absolute atomic E-state index is 13.1. The van der Waals surface area contributed by atoms with Gasteiger partial charge in [-0.3, -0.25) is 4.79 Å². The molecule has 1 amide bonds. The zero-order valence-electron chi connectivity index (χ0n) is 18.2. The van der Waals surface area contributed by atoms with Gasteiger partial charge in [0.2, 0.25) is 11.7 Å². The van der Waals surface area contributed by atoms with E-state index >= 15 is 0 Å². The number of methoxy groups -OCH3 is 2. The third kappa shape index (κ3) is 4.62. The lowest BCUT2D eigenvalue weighted by atomic mass is 10.1. The van der Waals surface area contributed by atoms with Crippen molar-refractivity contribution in [2.45, 2.75) is 40.3 Å². The molecule has 7 nitrogen and oxygen atoms in total. The van der Waals surface area contributed by atoms with Gasteiger partial charge in [0.15, 0.2) is 11.5 Å². The van der Waals surface area contributed by atoms with Crippen molar-refractivity contribution in [1.82, 2.24) is 15.0 Å². The van der Waals surface area contributed by atoms with E-state index < -0.39 is 0 Å². The van der Waals surface area contributed by atoms with Gasteiger partial charge in [-0.25, -0.2) is 0 Å². The van der Waals surface area contributed by atoms with E-state index in [0.29, 0.717) is 28.8 Å². The minimum Gasteiger partial charge on any atom is -0.493 e. The third-order valence-corrected chi connectivity index (χ3v) is 4.77. The molecule has 0 bridgehead atoms. The predicted octanol–water partition coefficient (Wildman–Crippen LogP) is 4.42. The van der Waals surface area contributed by atoms with E-state index in [4.69, 9.17) is 14.0 Å². The first-order chi connectivity index (χ1) is 14.3. The van der Waals surface area contributed by atoms with Crippen molar-refractivity contribution in [1.29, 1.82) is 0 Å². The fourth-order valence-corrected chi connectivity index (χ4v) is 3.31. The van der Waals surface area contributed by atoms with E-state index in [1.165, 1.54) is 0 Å². The SMILES string of the molecule is COc1ccc(-c2noc(CN(C(=O)c3cc(C)cc(C)c3)C(C)C)n2)cc1OC. The topological polar surface area (TPSA) is 77.7 Å². The molecule has 3 rings (SSSR count).